The van der Waals surface area contributed by atoms with E-state index in [2.05, 4.69) is 54.2 Å². The van der Waals surface area contributed by atoms with Crippen molar-refractivity contribution in [1.29, 1.82) is 0 Å². The van der Waals surface area contributed by atoms with Gasteiger partial charge >= 0.3 is 0 Å². The van der Waals surface area contributed by atoms with Crippen molar-refractivity contribution in [2.45, 2.75) is 25.0 Å². The van der Waals surface area contributed by atoms with Crippen LogP contribution in [0.3, 0.4) is 0 Å². The summed E-state index contributed by atoms with van der Waals surface area (Å²) >= 11 is 0. The maximum atomic E-state index is 13.4. The maximum Gasteiger partial charge on any atom is 0.246 e. The lowest BCUT2D eigenvalue weighted by atomic mass is 9.83. The van der Waals surface area contributed by atoms with Gasteiger partial charge in [0.15, 0.2) is 0 Å². The first-order chi connectivity index (χ1) is 14.1. The monoisotopic (exact) mass is 385 g/mol. The highest BCUT2D eigenvalue weighted by Gasteiger charge is 2.55. The largest absolute Gasteiger partial charge is 0.508 e. The van der Waals surface area contributed by atoms with Gasteiger partial charge in [-0.3, -0.25) is 4.79 Å². The van der Waals surface area contributed by atoms with Crippen LogP contribution in [0.5, 0.6) is 5.75 Å². The molecule has 3 N–H and O–H groups in total. The molecule has 29 heavy (non-hydrogen) atoms. The number of anilines is 1. The number of rotatable bonds is 3. The zero-order valence-corrected chi connectivity index (χ0v) is 16.1. The van der Waals surface area contributed by atoms with E-state index in [1.54, 1.807) is 24.3 Å². The van der Waals surface area contributed by atoms with Gasteiger partial charge in [0, 0.05) is 11.6 Å². The van der Waals surface area contributed by atoms with Crippen molar-refractivity contribution < 1.29 is 9.90 Å². The predicted molar refractivity (Wildman–Crippen MR) is 112 cm³/mol. The minimum absolute atomic E-state index is 0.0110. The molecule has 2 aliphatic heterocycles. The van der Waals surface area contributed by atoms with E-state index >= 15 is 0 Å². The van der Waals surface area contributed by atoms with Gasteiger partial charge in [-0.2, -0.15) is 0 Å². The number of phenolic OH excluding ortho intramolecular Hbond substituents is 1. The summed E-state index contributed by atoms with van der Waals surface area (Å²) in [6.07, 6.45) is 0. The summed E-state index contributed by atoms with van der Waals surface area (Å²) in [5, 5.41) is 9.70. The van der Waals surface area contributed by atoms with Crippen molar-refractivity contribution in [2.24, 2.45) is 5.92 Å². The molecule has 0 radical (unpaired) electrons. The molecule has 3 aromatic carbocycles. The average Bonchev–Trinajstić information content (AvgIpc) is 3.29. The van der Waals surface area contributed by atoms with Crippen molar-refractivity contribution in [2.75, 3.05) is 4.90 Å². The lowest BCUT2D eigenvalue weighted by Gasteiger charge is -2.31. The minimum Gasteiger partial charge on any atom is -0.508 e. The van der Waals surface area contributed by atoms with E-state index in [0.29, 0.717) is 0 Å². The van der Waals surface area contributed by atoms with E-state index in [-0.39, 0.29) is 35.7 Å². The van der Waals surface area contributed by atoms with E-state index in [0.717, 1.165) is 16.8 Å². The molecule has 0 spiro atoms. The topological polar surface area (TPSA) is 64.6 Å². The maximum absolute atomic E-state index is 13.4. The third kappa shape index (κ3) is 2.99. The molecule has 2 saturated heterocycles. The molecular weight excluding hydrogens is 362 g/mol. The van der Waals surface area contributed by atoms with Crippen LogP contribution in [0, 0.1) is 12.8 Å². The normalized spacial score (nSPS) is 26.0. The number of hydrazine groups is 1. The van der Waals surface area contributed by atoms with Crippen molar-refractivity contribution >= 4 is 11.6 Å². The summed E-state index contributed by atoms with van der Waals surface area (Å²) in [6.45, 7) is 2.07. The molecule has 0 saturated carbocycles. The van der Waals surface area contributed by atoms with Crippen LogP contribution in [-0.4, -0.2) is 17.1 Å². The molecular formula is C24H23N3O2. The van der Waals surface area contributed by atoms with Crippen LogP contribution in [0.25, 0.3) is 0 Å². The quantitative estimate of drug-likeness (QED) is 0.644. The molecule has 2 aliphatic rings. The zero-order valence-electron chi connectivity index (χ0n) is 16.1. The number of nitrogens with zero attached hydrogens (tertiary/aromatic N) is 1. The molecule has 3 aromatic rings. The number of aromatic hydroxyl groups is 1. The second-order valence-corrected chi connectivity index (χ2v) is 7.81. The summed E-state index contributed by atoms with van der Waals surface area (Å²) < 4.78 is 0. The Labute approximate surface area is 170 Å². The number of aryl methyl sites for hydroxylation is 1. The smallest absolute Gasteiger partial charge is 0.246 e. The Balaban J connectivity index is 1.61. The first-order valence-corrected chi connectivity index (χ1v) is 9.88. The highest BCUT2D eigenvalue weighted by Crippen LogP contribution is 2.48. The molecule has 1 amide bonds. The number of carbonyl (C=O) groups is 1. The van der Waals surface area contributed by atoms with Crippen LogP contribution in [0.15, 0.2) is 78.9 Å². The second kappa shape index (κ2) is 7.03. The van der Waals surface area contributed by atoms with Crippen LogP contribution >= 0.6 is 0 Å². The fourth-order valence-electron chi connectivity index (χ4n) is 4.62. The fraction of sp³-hybridized carbons (Fsp3) is 0.208. The number of hydrogen-bond donors (Lipinski definition) is 3. The van der Waals surface area contributed by atoms with E-state index in [9.17, 15) is 9.90 Å². The first-order valence-electron chi connectivity index (χ1n) is 9.88. The average molecular weight is 385 g/mol. The predicted octanol–water partition coefficient (Wildman–Crippen LogP) is 3.62. The molecule has 2 heterocycles. The number of benzene rings is 3. The van der Waals surface area contributed by atoms with Gasteiger partial charge in [-0.1, -0.05) is 60.2 Å². The third-order valence-corrected chi connectivity index (χ3v) is 6.02. The van der Waals surface area contributed by atoms with E-state index in [1.165, 1.54) is 5.56 Å². The van der Waals surface area contributed by atoms with Gasteiger partial charge in [-0.05, 0) is 42.3 Å². The van der Waals surface area contributed by atoms with Crippen LogP contribution in [-0.2, 0) is 4.79 Å². The Kier molecular flexibility index (Phi) is 4.34. The molecule has 4 unspecified atom stereocenters. The van der Waals surface area contributed by atoms with Crippen LogP contribution in [0.2, 0.25) is 0 Å². The molecule has 5 rings (SSSR count). The molecule has 0 aromatic heterocycles. The van der Waals surface area contributed by atoms with Crippen LogP contribution < -0.4 is 15.8 Å². The van der Waals surface area contributed by atoms with Crippen LogP contribution in [0.4, 0.5) is 5.69 Å². The lowest BCUT2D eigenvalue weighted by Crippen LogP contribution is -2.41. The Bertz CT molecular complexity index is 1020. The van der Waals surface area contributed by atoms with Crippen LogP contribution in [0.1, 0.15) is 28.8 Å². The number of fused-ring (bicyclic) bond motifs is 1. The Morgan fingerprint density at radius 2 is 1.45 bits per heavy atom. The van der Waals surface area contributed by atoms with Crippen molar-refractivity contribution in [3.05, 3.63) is 95.6 Å². The summed E-state index contributed by atoms with van der Waals surface area (Å²) in [6, 6.07) is 25.1. The first kappa shape index (κ1) is 17.9. The summed E-state index contributed by atoms with van der Waals surface area (Å²) in [7, 11) is 0. The SMILES string of the molecule is Cc1ccc(C2NNC3C(=O)N(c4ccc(O)cc4)C(c4ccccc4)C32)cc1. The molecule has 2 fully saturated rings. The zero-order chi connectivity index (χ0) is 20.0. The lowest BCUT2D eigenvalue weighted by molar-refractivity contribution is -0.119. The summed E-state index contributed by atoms with van der Waals surface area (Å²) in [5.41, 5.74) is 10.9. The van der Waals surface area contributed by atoms with E-state index in [4.69, 9.17) is 0 Å². The number of nitrogens with one attached hydrogen (secondary N) is 2. The third-order valence-electron chi connectivity index (χ3n) is 6.02. The number of carbonyl (C=O) groups excluding carboxylic acids is 1. The Morgan fingerprint density at radius 1 is 0.793 bits per heavy atom. The Hall–Kier alpha value is -3.15. The summed E-state index contributed by atoms with van der Waals surface area (Å²) in [5.74, 6) is 0.257. The molecule has 0 bridgehead atoms. The standard InChI is InChI=1S/C24H23N3O2/c1-15-7-9-16(10-8-15)21-20-22(26-25-21)24(29)27(18-11-13-19(28)14-12-18)23(20)17-5-3-2-4-6-17/h2-14,20-23,25-26,28H,1H3. The number of phenols is 1. The second-order valence-electron chi connectivity index (χ2n) is 7.81. The summed E-state index contributed by atoms with van der Waals surface area (Å²) in [4.78, 5) is 15.3. The van der Waals surface area contributed by atoms with Gasteiger partial charge in [0.05, 0.1) is 12.1 Å². The minimum atomic E-state index is -0.319. The number of hydrogen-bond acceptors (Lipinski definition) is 4. The van der Waals surface area contributed by atoms with Crippen molar-refractivity contribution in [3.63, 3.8) is 0 Å². The Morgan fingerprint density at radius 3 is 2.14 bits per heavy atom. The van der Waals surface area contributed by atoms with E-state index in [1.807, 2.05) is 23.1 Å². The fourth-order valence-corrected chi connectivity index (χ4v) is 4.62. The van der Waals surface area contributed by atoms with Crippen molar-refractivity contribution in [1.82, 2.24) is 10.9 Å². The molecule has 4 atom stereocenters. The number of amides is 1. The van der Waals surface area contributed by atoms with Gasteiger partial charge in [-0.25, -0.2) is 10.9 Å². The highest BCUT2D eigenvalue weighted by atomic mass is 16.3. The van der Waals surface area contributed by atoms with Gasteiger partial charge < -0.3 is 10.0 Å². The van der Waals surface area contributed by atoms with E-state index < -0.39 is 0 Å². The van der Waals surface area contributed by atoms with Crippen molar-refractivity contribution in [3.8, 4) is 5.75 Å². The molecule has 0 aliphatic carbocycles. The van der Waals surface area contributed by atoms with Gasteiger partial charge in [-0.15, -0.1) is 0 Å². The van der Waals surface area contributed by atoms with Gasteiger partial charge in [0.2, 0.25) is 5.91 Å². The van der Waals surface area contributed by atoms with Gasteiger partial charge in [0.1, 0.15) is 11.8 Å². The van der Waals surface area contributed by atoms with Gasteiger partial charge in [0.25, 0.3) is 0 Å². The highest BCUT2D eigenvalue weighted by molar-refractivity contribution is 6.01. The molecule has 5 heteroatoms. The molecule has 5 nitrogen and oxygen atoms in total. The molecule has 146 valence electrons.